The predicted octanol–water partition coefficient (Wildman–Crippen LogP) is 4.86. The molecule has 94 heavy (non-hydrogen) atoms. The molecule has 1 unspecified atom stereocenters. The number of anilines is 2. The molecule has 5 fully saturated rings. The Hall–Kier alpha value is -8.34. The molecule has 5 aromatic rings. The Bertz CT molecular complexity index is 3730. The van der Waals surface area contributed by atoms with Crippen molar-refractivity contribution in [3.8, 4) is 34.6 Å². The number of amides is 1. The van der Waals surface area contributed by atoms with Crippen LogP contribution in [0.25, 0.3) is 17.1 Å². The van der Waals surface area contributed by atoms with Crippen molar-refractivity contribution in [3.05, 3.63) is 101 Å². The Balaban J connectivity index is 0.780. The van der Waals surface area contributed by atoms with Gasteiger partial charge in [-0.15, -0.1) is 5.10 Å². The molecule has 3 aliphatic heterocycles. The summed E-state index contributed by atoms with van der Waals surface area (Å²) >= 11 is 0. The molecular weight excluding hydrogens is 1220 g/mol. The second-order valence-electron chi connectivity index (χ2n) is 27.8. The molecule has 6 aliphatic rings. The Morgan fingerprint density at radius 2 is 1.50 bits per heavy atom. The van der Waals surface area contributed by atoms with Crippen molar-refractivity contribution in [1.82, 2.24) is 39.9 Å². The number of hydrogen-bond donors (Lipinski definition) is 8. The predicted molar refractivity (Wildman–Crippen MR) is 336 cm³/mol. The average Bonchev–Trinajstić information content (AvgIpc) is 0.726. The summed E-state index contributed by atoms with van der Waals surface area (Å²) in [5.41, 5.74) is -5.90. The number of rotatable bonds is 15. The minimum atomic E-state index is -2.40. The van der Waals surface area contributed by atoms with Crippen molar-refractivity contribution < 1.29 is 83.4 Å². The molecule has 1 amide bonds. The summed E-state index contributed by atoms with van der Waals surface area (Å²) < 4.78 is 31.4. The van der Waals surface area contributed by atoms with E-state index >= 15 is 4.79 Å². The van der Waals surface area contributed by atoms with E-state index in [-0.39, 0.29) is 66.3 Å². The van der Waals surface area contributed by atoms with Crippen molar-refractivity contribution in [1.29, 1.82) is 0 Å². The molecule has 27 heteroatoms. The Labute approximate surface area is 543 Å². The van der Waals surface area contributed by atoms with Gasteiger partial charge in [0.25, 0.3) is 0 Å². The van der Waals surface area contributed by atoms with Gasteiger partial charge in [-0.05, 0) is 99.4 Å². The molecule has 11 rings (SSSR count). The molecule has 2 bridgehead atoms. The lowest BCUT2D eigenvalue weighted by Gasteiger charge is -2.67. The largest absolute Gasteiger partial charge is 0.508 e. The third-order valence-electron chi connectivity index (χ3n) is 20.1. The lowest BCUT2D eigenvalue weighted by atomic mass is 9.44. The van der Waals surface area contributed by atoms with Crippen LogP contribution in [-0.4, -0.2) is 199 Å². The molecular formula is C67H84N10O17. The number of piperidine rings is 1. The number of carbonyl (C=O) groups is 5. The number of piperazine rings is 1. The van der Waals surface area contributed by atoms with Crippen LogP contribution >= 0.6 is 0 Å². The highest BCUT2D eigenvalue weighted by molar-refractivity contribution is 5.93. The zero-order valence-electron chi connectivity index (χ0n) is 54.4. The van der Waals surface area contributed by atoms with E-state index in [0.29, 0.717) is 80.1 Å². The number of phenols is 2. The summed E-state index contributed by atoms with van der Waals surface area (Å²) in [6.07, 6.45) is -9.81. The van der Waals surface area contributed by atoms with Crippen molar-refractivity contribution in [3.63, 3.8) is 0 Å². The van der Waals surface area contributed by atoms with E-state index in [2.05, 4.69) is 35.3 Å². The number of aliphatic hydroxyl groups excluding tert-OH is 3. The molecule has 8 N–H and O–H groups in total. The summed E-state index contributed by atoms with van der Waals surface area (Å²) in [4.78, 5) is 91.8. The maximum atomic E-state index is 15.3. The number of aromatic nitrogens is 6. The second kappa shape index (κ2) is 25.4. The number of phenolic OH excluding ortho intramolecular Hbond substituents is 2. The van der Waals surface area contributed by atoms with Crippen LogP contribution in [0.5, 0.6) is 17.5 Å². The van der Waals surface area contributed by atoms with Crippen LogP contribution in [0.1, 0.15) is 124 Å². The van der Waals surface area contributed by atoms with Crippen molar-refractivity contribution in [2.24, 2.45) is 22.7 Å². The van der Waals surface area contributed by atoms with Gasteiger partial charge < -0.3 is 74.5 Å². The molecule has 3 saturated heterocycles. The fourth-order valence-corrected chi connectivity index (χ4v) is 14.9. The number of benzene rings is 3. The summed E-state index contributed by atoms with van der Waals surface area (Å²) in [5, 5.41) is 93.0. The highest BCUT2D eigenvalue weighted by Crippen LogP contribution is 2.63. The smallest absolute Gasteiger partial charge is 0.408 e. The first kappa shape index (κ1) is 67.1. The van der Waals surface area contributed by atoms with E-state index in [1.165, 1.54) is 44.7 Å². The van der Waals surface area contributed by atoms with Crippen LogP contribution in [0.15, 0.2) is 84.2 Å². The molecule has 2 aromatic heterocycles. The van der Waals surface area contributed by atoms with Gasteiger partial charge in [-0.3, -0.25) is 19.3 Å². The number of aromatic hydroxyl groups is 3. The number of fused-ring (bicyclic) bond motifs is 5. The number of Topliss-reactive ketones (excluding diaryl/α,β-unsaturated/α-hetero) is 1. The molecule has 11 atom stereocenters. The van der Waals surface area contributed by atoms with E-state index in [1.54, 1.807) is 57.2 Å². The van der Waals surface area contributed by atoms with Crippen molar-refractivity contribution in [2.75, 3.05) is 55.7 Å². The molecule has 5 heterocycles. The topological polar surface area (TPSA) is 364 Å². The third kappa shape index (κ3) is 12.2. The molecule has 0 spiro atoms. The second-order valence-corrected chi connectivity index (χ2v) is 27.8. The minimum absolute atomic E-state index is 0.0432. The van der Waals surface area contributed by atoms with Gasteiger partial charge in [-0.1, -0.05) is 75.3 Å². The SMILES string of the molecule is CC(=O)O[C@@]12CO[C@@H]1C[C@H](O)[C@@]1(C)C(=O)[C@H](O)C3=C(C)[C@@H](OC(=O)[C@H](OC(=O)C4CCN(c5ncnc(N6CCN(Cc7ccc(-n8c(O)nnc8-c8cc(C(C)C)c(O)cc8O)cc7)CC6)n5)CC4)[C@@H](NC(=O)OC(C)(C)C)c4ccccc4)C[C@@](O)([C@@H](O)C12)C3(C)C. The van der Waals surface area contributed by atoms with Crippen LogP contribution in [0.3, 0.4) is 0 Å². The van der Waals surface area contributed by atoms with Gasteiger partial charge in [-0.25, -0.2) is 24.1 Å². The zero-order chi connectivity index (χ0) is 67.7. The number of ketones is 1. The quantitative estimate of drug-likeness (QED) is 0.0394. The van der Waals surface area contributed by atoms with Crippen LogP contribution in [0, 0.1) is 22.7 Å². The standard InChI is InChI=1S/C67H84N10O17/c1-35(2)42-28-43(45(80)29-44(42)79)56-72-73-61(87)77(56)41-18-16-38(17-19-41)32-74-24-26-76(27-25-74)60-69-34-68-59(71-60)75-22-20-40(21-23-75)57(85)92-52(50(39-14-12-11-13-15-39)70-62(88)94-63(5,6)7)58(86)91-46-31-67(89)55(84)53-65(10,54(83)51(82)49(36(46)3)64(67,8)9)47(81)30-48-66(53,33-90-48)93-37(4)78/h11-19,28-29,34-35,40,46-48,50-53,55,79-82,84,89H,20-27,30-33H2,1-10H3,(H,70,88)(H,73,87)/t46-,47-,48+,50-,51+,52+,53?,55-,65+,66-,67+/m0/s1. The number of nitrogens with zero attached hydrogens (tertiary/aromatic N) is 9. The van der Waals surface area contributed by atoms with Gasteiger partial charge in [-0.2, -0.15) is 4.98 Å². The lowest BCUT2D eigenvalue weighted by molar-refractivity contribution is -0.346. The number of alkyl carbamates (subject to hydrolysis) is 1. The Morgan fingerprint density at radius 3 is 2.11 bits per heavy atom. The average molecular weight is 1300 g/mol. The first-order chi connectivity index (χ1) is 44.4. The van der Waals surface area contributed by atoms with Gasteiger partial charge in [0.1, 0.15) is 53.4 Å². The molecule has 27 nitrogen and oxygen atoms in total. The van der Waals surface area contributed by atoms with Crippen LogP contribution in [0.4, 0.5) is 16.7 Å². The van der Waals surface area contributed by atoms with Crippen LogP contribution < -0.4 is 15.1 Å². The number of hydrogen-bond acceptors (Lipinski definition) is 25. The van der Waals surface area contributed by atoms with Gasteiger partial charge in [0.15, 0.2) is 17.2 Å². The Morgan fingerprint density at radius 1 is 0.851 bits per heavy atom. The van der Waals surface area contributed by atoms with Gasteiger partial charge >= 0.3 is 30.0 Å². The minimum Gasteiger partial charge on any atom is -0.508 e. The van der Waals surface area contributed by atoms with E-state index in [1.807, 2.05) is 43.0 Å². The summed E-state index contributed by atoms with van der Waals surface area (Å²) in [7, 11) is 0. The number of nitrogens with one attached hydrogen (secondary N) is 1. The lowest BCUT2D eigenvalue weighted by Crippen LogP contribution is -2.81. The first-order valence-electron chi connectivity index (χ1n) is 31.9. The summed E-state index contributed by atoms with van der Waals surface area (Å²) in [5.74, 6) is -5.22. The van der Waals surface area contributed by atoms with Gasteiger partial charge in [0, 0.05) is 83.0 Å². The van der Waals surface area contributed by atoms with Crippen molar-refractivity contribution in [2.45, 2.75) is 167 Å². The molecule has 3 aliphatic carbocycles. The monoisotopic (exact) mass is 1300 g/mol. The summed E-state index contributed by atoms with van der Waals surface area (Å²) in [6, 6.07) is 16.9. The summed E-state index contributed by atoms with van der Waals surface area (Å²) in [6.45, 7) is 19.4. The normalized spacial score (nSPS) is 27.8. The molecule has 0 radical (unpaired) electrons. The van der Waals surface area contributed by atoms with E-state index in [9.17, 15) is 54.9 Å². The fourth-order valence-electron chi connectivity index (χ4n) is 14.9. The number of esters is 3. The van der Waals surface area contributed by atoms with Crippen LogP contribution in [0.2, 0.25) is 0 Å². The van der Waals surface area contributed by atoms with E-state index in [0.717, 1.165) is 12.5 Å². The molecule has 3 aromatic carbocycles. The number of aliphatic hydroxyl groups is 4. The van der Waals surface area contributed by atoms with Gasteiger partial charge in [0.2, 0.25) is 18.0 Å². The maximum absolute atomic E-state index is 15.3. The highest BCUT2D eigenvalue weighted by Gasteiger charge is 2.77. The molecule has 2 saturated carbocycles. The third-order valence-corrected chi connectivity index (χ3v) is 20.1. The first-order valence-corrected chi connectivity index (χ1v) is 31.9. The number of ether oxygens (including phenoxy) is 5. The molecule has 504 valence electrons. The maximum Gasteiger partial charge on any atom is 0.408 e. The highest BCUT2D eigenvalue weighted by atomic mass is 16.6. The van der Waals surface area contributed by atoms with E-state index < -0.39 is 118 Å². The fraction of sp³-hybridized carbons (Fsp3) is 0.552. The number of carbonyl (C=O) groups excluding carboxylic acids is 5. The van der Waals surface area contributed by atoms with Gasteiger partial charge in [0.05, 0.1) is 41.4 Å². The zero-order valence-corrected chi connectivity index (χ0v) is 54.4. The van der Waals surface area contributed by atoms with Crippen LogP contribution in [-0.2, 0) is 49.4 Å². The Kier molecular flexibility index (Phi) is 18.1. The van der Waals surface area contributed by atoms with E-state index in [4.69, 9.17) is 28.7 Å². The van der Waals surface area contributed by atoms with Crippen molar-refractivity contribution >= 4 is 41.7 Å².